The van der Waals surface area contributed by atoms with E-state index in [0.717, 1.165) is 3.57 Å². The molecular weight excluding hydrogens is 493 g/mol. The van der Waals surface area contributed by atoms with Gasteiger partial charge in [-0.25, -0.2) is 4.79 Å². The Morgan fingerprint density at radius 1 is 1.00 bits per heavy atom. The number of carbonyl (C=O) groups is 4. The molecule has 1 rings (SSSR count). The maximum atomic E-state index is 12.0. The molecule has 158 valence electrons. The van der Waals surface area contributed by atoms with Crippen LogP contribution in [-0.2, 0) is 9.59 Å². The lowest BCUT2D eigenvalue weighted by molar-refractivity contribution is -0.308. The summed E-state index contributed by atoms with van der Waals surface area (Å²) in [4.78, 5) is 45.9. The van der Waals surface area contributed by atoms with Gasteiger partial charge in [-0.1, -0.05) is 6.08 Å². The second-order valence-corrected chi connectivity index (χ2v) is 7.39. The van der Waals surface area contributed by atoms with Crippen LogP contribution < -0.4 is 26.2 Å². The molecule has 1 aromatic rings. The monoisotopic (exact) mass is 515 g/mol. The van der Waals surface area contributed by atoms with Gasteiger partial charge in [0.05, 0.1) is 24.0 Å². The highest BCUT2D eigenvalue weighted by atomic mass is 127. The molecule has 3 N–H and O–H groups in total. The van der Waals surface area contributed by atoms with E-state index in [2.05, 4.69) is 45.1 Å². The average Bonchev–Trinajstić information content (AvgIpc) is 2.66. The van der Waals surface area contributed by atoms with Gasteiger partial charge >= 0.3 is 6.03 Å². The molecule has 10 heteroatoms. The van der Waals surface area contributed by atoms with E-state index in [1.165, 1.54) is 6.08 Å². The van der Waals surface area contributed by atoms with Gasteiger partial charge in [-0.15, -0.1) is 6.58 Å². The van der Waals surface area contributed by atoms with Crippen LogP contribution in [0.2, 0.25) is 0 Å². The van der Waals surface area contributed by atoms with Crippen molar-refractivity contribution in [1.29, 1.82) is 0 Å². The number of nitrogens with one attached hydrogen (secondary N) is 3. The van der Waals surface area contributed by atoms with E-state index in [-0.39, 0.29) is 18.7 Å². The molecular formula is C19H22IN3O6-2. The fourth-order valence-electron chi connectivity index (χ4n) is 2.37. The SMILES string of the molecule is C=CC[C@H](NC(=O)N[C@@H](CCCCNC(=O)c1ccc(I)cc1)C(=O)[O-])C(=O)[O-]. The number of hydrogen-bond donors (Lipinski definition) is 3. The number of hydrogen-bond acceptors (Lipinski definition) is 6. The minimum Gasteiger partial charge on any atom is -0.548 e. The zero-order chi connectivity index (χ0) is 21.8. The molecule has 9 nitrogen and oxygen atoms in total. The van der Waals surface area contributed by atoms with E-state index in [1.54, 1.807) is 12.1 Å². The Bertz CT molecular complexity index is 738. The molecule has 0 bridgehead atoms. The average molecular weight is 515 g/mol. The van der Waals surface area contributed by atoms with Crippen molar-refractivity contribution >= 4 is 46.5 Å². The summed E-state index contributed by atoms with van der Waals surface area (Å²) in [6.45, 7) is 3.71. The molecule has 0 unspecified atom stereocenters. The van der Waals surface area contributed by atoms with E-state index < -0.39 is 30.1 Å². The van der Waals surface area contributed by atoms with Gasteiger partial charge in [0.2, 0.25) is 0 Å². The molecule has 0 radical (unpaired) electrons. The van der Waals surface area contributed by atoms with Crippen LogP contribution >= 0.6 is 22.6 Å². The number of unbranched alkanes of at least 4 members (excludes halogenated alkanes) is 1. The largest absolute Gasteiger partial charge is 0.548 e. The Labute approximate surface area is 182 Å². The van der Waals surface area contributed by atoms with Crippen molar-refractivity contribution < 1.29 is 29.4 Å². The summed E-state index contributed by atoms with van der Waals surface area (Å²) in [5.41, 5.74) is 0.526. The Morgan fingerprint density at radius 3 is 2.14 bits per heavy atom. The third-order valence-corrected chi connectivity index (χ3v) is 4.61. The predicted molar refractivity (Wildman–Crippen MR) is 109 cm³/mol. The van der Waals surface area contributed by atoms with Crippen LogP contribution in [0.25, 0.3) is 0 Å². The highest BCUT2D eigenvalue weighted by molar-refractivity contribution is 14.1. The van der Waals surface area contributed by atoms with Gasteiger partial charge in [0.25, 0.3) is 5.91 Å². The van der Waals surface area contributed by atoms with Crippen molar-refractivity contribution in [2.24, 2.45) is 0 Å². The molecule has 1 aromatic carbocycles. The third-order valence-electron chi connectivity index (χ3n) is 3.89. The number of carboxylic acid groups (broad SMARTS) is 2. The maximum Gasteiger partial charge on any atom is 0.315 e. The number of aliphatic carboxylic acids is 2. The van der Waals surface area contributed by atoms with E-state index in [1.807, 2.05) is 12.1 Å². The zero-order valence-corrected chi connectivity index (χ0v) is 17.8. The van der Waals surface area contributed by atoms with E-state index >= 15 is 0 Å². The summed E-state index contributed by atoms with van der Waals surface area (Å²) in [7, 11) is 0. The number of rotatable bonds is 12. The zero-order valence-electron chi connectivity index (χ0n) is 15.6. The highest BCUT2D eigenvalue weighted by Gasteiger charge is 2.17. The number of carboxylic acids is 2. The van der Waals surface area contributed by atoms with Gasteiger partial charge in [-0.3, -0.25) is 4.79 Å². The lowest BCUT2D eigenvalue weighted by Crippen LogP contribution is -2.55. The first kappa shape index (κ1) is 24.4. The van der Waals surface area contributed by atoms with Crippen molar-refractivity contribution in [3.8, 4) is 0 Å². The fourth-order valence-corrected chi connectivity index (χ4v) is 2.73. The highest BCUT2D eigenvalue weighted by Crippen LogP contribution is 2.07. The minimum absolute atomic E-state index is 0.0621. The van der Waals surface area contributed by atoms with Gasteiger partial charge in [0, 0.05) is 15.7 Å². The topological polar surface area (TPSA) is 150 Å². The molecule has 0 saturated carbocycles. The first-order valence-electron chi connectivity index (χ1n) is 8.88. The summed E-state index contributed by atoms with van der Waals surface area (Å²) in [5.74, 6) is -3.23. The van der Waals surface area contributed by atoms with Crippen LogP contribution in [-0.4, -0.2) is 42.5 Å². The minimum atomic E-state index is -1.51. The second-order valence-electron chi connectivity index (χ2n) is 6.14. The van der Waals surface area contributed by atoms with Crippen LogP contribution in [0.15, 0.2) is 36.9 Å². The van der Waals surface area contributed by atoms with Crippen LogP contribution in [0, 0.1) is 3.57 Å². The van der Waals surface area contributed by atoms with Crippen molar-refractivity contribution in [2.75, 3.05) is 6.54 Å². The second kappa shape index (κ2) is 12.8. The molecule has 2 atom stereocenters. The first-order chi connectivity index (χ1) is 13.7. The van der Waals surface area contributed by atoms with E-state index in [4.69, 9.17) is 0 Å². The summed E-state index contributed by atoms with van der Waals surface area (Å²) in [6, 6.07) is 3.48. The van der Waals surface area contributed by atoms with E-state index in [9.17, 15) is 29.4 Å². The van der Waals surface area contributed by atoms with Crippen LogP contribution in [0.5, 0.6) is 0 Å². The van der Waals surface area contributed by atoms with Gasteiger partial charge in [0.15, 0.2) is 0 Å². The number of amides is 3. The molecule has 29 heavy (non-hydrogen) atoms. The van der Waals surface area contributed by atoms with Crippen LogP contribution in [0.4, 0.5) is 4.79 Å². The predicted octanol–water partition coefficient (Wildman–Crippen LogP) is -0.696. The van der Waals surface area contributed by atoms with Gasteiger partial charge in [0.1, 0.15) is 0 Å². The Morgan fingerprint density at radius 2 is 1.59 bits per heavy atom. The van der Waals surface area contributed by atoms with Gasteiger partial charge < -0.3 is 35.8 Å². The quantitative estimate of drug-likeness (QED) is 0.190. The summed E-state index contributed by atoms with van der Waals surface area (Å²) in [5, 5.41) is 29.1. The summed E-state index contributed by atoms with van der Waals surface area (Å²) >= 11 is 2.14. The summed E-state index contributed by atoms with van der Waals surface area (Å²) in [6.07, 6.45) is 2.17. The molecule has 3 amide bonds. The van der Waals surface area contributed by atoms with Gasteiger partial charge in [-0.05, 0) is 72.5 Å². The molecule has 0 heterocycles. The van der Waals surface area contributed by atoms with Crippen LogP contribution in [0.1, 0.15) is 36.0 Å². The standard InChI is InChI=1S/C19H24IN3O6/c1-2-5-14(17(25)26)22-19(29)23-15(18(27)28)6-3-4-11-21-16(24)12-7-9-13(20)10-8-12/h2,7-10,14-15H,1,3-6,11H2,(H,21,24)(H,25,26)(H,27,28)(H2,22,23,29)/p-2/t14-,15-/m0/s1. The molecule has 0 spiro atoms. The Kier molecular flexibility index (Phi) is 10.7. The molecule has 0 aliphatic rings. The van der Waals surface area contributed by atoms with Crippen LogP contribution in [0.3, 0.4) is 0 Å². The van der Waals surface area contributed by atoms with Gasteiger partial charge in [-0.2, -0.15) is 0 Å². The molecule has 0 aromatic heterocycles. The molecule has 0 aliphatic carbocycles. The smallest absolute Gasteiger partial charge is 0.315 e. The lowest BCUT2D eigenvalue weighted by Gasteiger charge is -2.23. The number of urea groups is 1. The van der Waals surface area contributed by atoms with Crippen molar-refractivity contribution in [1.82, 2.24) is 16.0 Å². The maximum absolute atomic E-state index is 12.0. The van der Waals surface area contributed by atoms with Crippen molar-refractivity contribution in [3.63, 3.8) is 0 Å². The third kappa shape index (κ3) is 9.41. The van der Waals surface area contributed by atoms with Crippen molar-refractivity contribution in [3.05, 3.63) is 46.1 Å². The Balaban J connectivity index is 2.38. The molecule has 0 saturated heterocycles. The number of benzene rings is 1. The summed E-state index contributed by atoms with van der Waals surface area (Å²) < 4.78 is 1.01. The fraction of sp³-hybridized carbons (Fsp3) is 0.368. The Hall–Kier alpha value is -2.63. The molecule has 0 fully saturated rings. The van der Waals surface area contributed by atoms with E-state index in [0.29, 0.717) is 24.9 Å². The first-order valence-corrected chi connectivity index (χ1v) is 9.96. The number of halogens is 1. The lowest BCUT2D eigenvalue weighted by atomic mass is 10.1. The normalized spacial score (nSPS) is 12.3. The molecule has 0 aliphatic heterocycles. The number of carbonyl (C=O) groups excluding carboxylic acids is 4. The van der Waals surface area contributed by atoms with Crippen molar-refractivity contribution in [2.45, 2.75) is 37.8 Å².